The lowest BCUT2D eigenvalue weighted by atomic mass is 10.0. The molecule has 0 aliphatic carbocycles. The van der Waals surface area contributed by atoms with Gasteiger partial charge in [-0.2, -0.15) is 15.6 Å². The van der Waals surface area contributed by atoms with Gasteiger partial charge >= 0.3 is 0 Å². The highest BCUT2D eigenvalue weighted by Gasteiger charge is 2.11. The summed E-state index contributed by atoms with van der Waals surface area (Å²) >= 11 is 7.85. The molecule has 0 bridgehead atoms. The van der Waals surface area contributed by atoms with E-state index in [2.05, 4.69) is 39.0 Å². The molecule has 0 spiro atoms. The van der Waals surface area contributed by atoms with Crippen LogP contribution in [0.4, 0.5) is 0 Å². The predicted octanol–water partition coefficient (Wildman–Crippen LogP) is 4.80. The van der Waals surface area contributed by atoms with Crippen molar-refractivity contribution in [2.75, 3.05) is 0 Å². The molecule has 0 amide bonds. The van der Waals surface area contributed by atoms with Crippen molar-refractivity contribution < 1.29 is 0 Å². The first kappa shape index (κ1) is 14.9. The highest BCUT2D eigenvalue weighted by Crippen LogP contribution is 2.31. The van der Waals surface area contributed by atoms with Crippen LogP contribution in [0.5, 0.6) is 0 Å². The number of aromatic amines is 1. The first-order valence-corrected chi connectivity index (χ1v) is 8.56. The van der Waals surface area contributed by atoms with Gasteiger partial charge in [-0.3, -0.25) is 0 Å². The van der Waals surface area contributed by atoms with Crippen LogP contribution in [-0.4, -0.2) is 15.4 Å². The van der Waals surface area contributed by atoms with Gasteiger partial charge in [-0.1, -0.05) is 29.8 Å². The molecular formula is C18H11ClN4S. The van der Waals surface area contributed by atoms with Crippen LogP contribution in [0.3, 0.4) is 0 Å². The zero-order valence-corrected chi connectivity index (χ0v) is 14.0. The van der Waals surface area contributed by atoms with E-state index in [1.807, 2.05) is 30.3 Å². The lowest BCUT2D eigenvalue weighted by Crippen LogP contribution is -1.89. The quantitative estimate of drug-likeness (QED) is 0.577. The first-order chi connectivity index (χ1) is 11.7. The molecule has 0 aliphatic rings. The minimum Gasteiger partial charge on any atom is -0.196 e. The number of nitrogens with one attached hydrogen (secondary N) is 1. The van der Waals surface area contributed by atoms with E-state index in [0.29, 0.717) is 11.4 Å². The number of aromatic nitrogens is 3. The normalized spacial score (nSPS) is 10.8. The number of rotatable bonds is 3. The van der Waals surface area contributed by atoms with Crippen LogP contribution in [0.25, 0.3) is 21.3 Å². The predicted molar refractivity (Wildman–Crippen MR) is 96.2 cm³/mol. The highest BCUT2D eigenvalue weighted by molar-refractivity contribution is 7.17. The summed E-state index contributed by atoms with van der Waals surface area (Å²) in [5, 5.41) is 23.7. The fraction of sp³-hybridized carbons (Fsp3) is 0.0556. The molecule has 0 unspecified atom stereocenters. The molecule has 0 aliphatic heterocycles. The fourth-order valence-electron chi connectivity index (χ4n) is 2.75. The summed E-state index contributed by atoms with van der Waals surface area (Å²) < 4.78 is 1.23. The lowest BCUT2D eigenvalue weighted by Gasteiger charge is -2.04. The zero-order chi connectivity index (χ0) is 16.5. The Balaban J connectivity index is 1.71. The molecule has 0 saturated heterocycles. The number of fused-ring (bicyclic) bond motifs is 1. The average molecular weight is 351 g/mol. The van der Waals surface area contributed by atoms with E-state index in [0.717, 1.165) is 22.6 Å². The summed E-state index contributed by atoms with van der Waals surface area (Å²) in [5.41, 5.74) is 4.17. The van der Waals surface area contributed by atoms with E-state index in [1.54, 1.807) is 11.3 Å². The Hall–Kier alpha value is -2.68. The molecule has 4 nitrogen and oxygen atoms in total. The maximum absolute atomic E-state index is 9.11. The Morgan fingerprint density at radius 1 is 1.17 bits per heavy atom. The van der Waals surface area contributed by atoms with E-state index >= 15 is 0 Å². The number of nitriles is 1. The summed E-state index contributed by atoms with van der Waals surface area (Å²) in [6.07, 6.45) is 0.800. The number of hydrogen-bond donors (Lipinski definition) is 1. The van der Waals surface area contributed by atoms with Gasteiger partial charge in [0.1, 0.15) is 11.8 Å². The number of benzene rings is 2. The molecule has 2 heterocycles. The molecule has 1 N–H and O–H groups in total. The van der Waals surface area contributed by atoms with E-state index in [4.69, 9.17) is 16.9 Å². The molecule has 0 fully saturated rings. The third kappa shape index (κ3) is 2.67. The van der Waals surface area contributed by atoms with Crippen LogP contribution < -0.4 is 0 Å². The standard InChI is InChI=1S/C18H11ClN4S/c19-14-4-5-17-15(8-14)13(10-24-17)7-11-2-1-3-12(6-11)18-16(9-20)21-23-22-18/h1-6,8,10H,7H2,(H,21,22,23). The maximum Gasteiger partial charge on any atom is 0.190 e. The van der Waals surface area contributed by atoms with E-state index in [1.165, 1.54) is 15.6 Å². The Kier molecular flexibility index (Phi) is 3.77. The van der Waals surface area contributed by atoms with Crippen molar-refractivity contribution in [3.05, 3.63) is 69.7 Å². The zero-order valence-electron chi connectivity index (χ0n) is 12.5. The molecule has 0 saturated carbocycles. The Morgan fingerprint density at radius 3 is 2.96 bits per heavy atom. The van der Waals surface area contributed by atoms with Crippen molar-refractivity contribution in [1.82, 2.24) is 15.4 Å². The second kappa shape index (κ2) is 6.08. The monoisotopic (exact) mass is 350 g/mol. The van der Waals surface area contributed by atoms with Gasteiger partial charge in [-0.05, 0) is 52.6 Å². The van der Waals surface area contributed by atoms with Crippen molar-refractivity contribution in [2.45, 2.75) is 6.42 Å². The molecular weight excluding hydrogens is 340 g/mol. The van der Waals surface area contributed by atoms with Crippen molar-refractivity contribution >= 4 is 33.0 Å². The van der Waals surface area contributed by atoms with Gasteiger partial charge in [0.25, 0.3) is 0 Å². The summed E-state index contributed by atoms with van der Waals surface area (Å²) in [4.78, 5) is 0. The molecule has 116 valence electrons. The fourth-order valence-corrected chi connectivity index (χ4v) is 3.86. The summed E-state index contributed by atoms with van der Waals surface area (Å²) in [6, 6.07) is 16.1. The van der Waals surface area contributed by atoms with E-state index in [9.17, 15) is 0 Å². The van der Waals surface area contributed by atoms with Crippen LogP contribution in [0.1, 0.15) is 16.8 Å². The van der Waals surface area contributed by atoms with Crippen molar-refractivity contribution in [3.63, 3.8) is 0 Å². The topological polar surface area (TPSA) is 65.4 Å². The van der Waals surface area contributed by atoms with Crippen molar-refractivity contribution in [2.24, 2.45) is 0 Å². The molecule has 24 heavy (non-hydrogen) atoms. The maximum atomic E-state index is 9.11. The SMILES string of the molecule is N#Cc1n[nH]nc1-c1cccc(Cc2csc3ccc(Cl)cc23)c1. The van der Waals surface area contributed by atoms with Gasteiger partial charge in [0.15, 0.2) is 5.69 Å². The Bertz CT molecular complexity index is 1070. The first-order valence-electron chi connectivity index (χ1n) is 7.30. The van der Waals surface area contributed by atoms with Gasteiger partial charge in [-0.25, -0.2) is 0 Å². The van der Waals surface area contributed by atoms with Crippen LogP contribution in [-0.2, 0) is 6.42 Å². The van der Waals surface area contributed by atoms with Crippen LogP contribution >= 0.6 is 22.9 Å². The number of nitrogens with zero attached hydrogens (tertiary/aromatic N) is 3. The third-order valence-corrected chi connectivity index (χ3v) is 5.11. The molecule has 0 radical (unpaired) electrons. The third-order valence-electron chi connectivity index (χ3n) is 3.86. The second-order valence-electron chi connectivity index (χ2n) is 5.41. The number of thiophene rings is 1. The summed E-state index contributed by atoms with van der Waals surface area (Å²) in [7, 11) is 0. The van der Waals surface area contributed by atoms with Gasteiger partial charge < -0.3 is 0 Å². The van der Waals surface area contributed by atoms with Crippen LogP contribution in [0.2, 0.25) is 5.02 Å². The molecule has 4 rings (SSSR count). The lowest BCUT2D eigenvalue weighted by molar-refractivity contribution is 0.937. The van der Waals surface area contributed by atoms with Gasteiger partial charge in [-0.15, -0.1) is 16.4 Å². The Labute approximate surface area is 147 Å². The van der Waals surface area contributed by atoms with E-state index in [-0.39, 0.29) is 0 Å². The molecule has 4 aromatic rings. The van der Waals surface area contributed by atoms with Gasteiger partial charge in [0.05, 0.1) is 0 Å². The van der Waals surface area contributed by atoms with Crippen LogP contribution in [0, 0.1) is 11.3 Å². The average Bonchev–Trinajstić information content (AvgIpc) is 3.22. The second-order valence-corrected chi connectivity index (χ2v) is 6.76. The number of hydrogen-bond acceptors (Lipinski definition) is 4. The summed E-state index contributed by atoms with van der Waals surface area (Å²) in [6.45, 7) is 0. The van der Waals surface area contributed by atoms with E-state index < -0.39 is 0 Å². The smallest absolute Gasteiger partial charge is 0.190 e. The summed E-state index contributed by atoms with van der Waals surface area (Å²) in [5.74, 6) is 0. The molecule has 2 aromatic carbocycles. The van der Waals surface area contributed by atoms with Gasteiger partial charge in [0, 0.05) is 15.3 Å². The van der Waals surface area contributed by atoms with Crippen LogP contribution in [0.15, 0.2) is 47.8 Å². The number of halogens is 1. The van der Waals surface area contributed by atoms with Gasteiger partial charge in [0.2, 0.25) is 0 Å². The molecule has 2 aromatic heterocycles. The Morgan fingerprint density at radius 2 is 2.08 bits per heavy atom. The van der Waals surface area contributed by atoms with Crippen molar-refractivity contribution in [1.29, 1.82) is 5.26 Å². The molecule has 0 atom stereocenters. The number of H-pyrrole nitrogens is 1. The molecule has 6 heteroatoms. The minimum atomic E-state index is 0.305. The highest BCUT2D eigenvalue weighted by atomic mass is 35.5. The van der Waals surface area contributed by atoms with Crippen molar-refractivity contribution in [3.8, 4) is 17.3 Å². The minimum absolute atomic E-state index is 0.305. The largest absolute Gasteiger partial charge is 0.196 e.